The van der Waals surface area contributed by atoms with Crippen LogP contribution in [-0.4, -0.2) is 30.3 Å². The van der Waals surface area contributed by atoms with E-state index in [9.17, 15) is 18.4 Å². The minimum absolute atomic E-state index is 0.0811. The Kier molecular flexibility index (Phi) is 8.25. The number of nitrogens with one attached hydrogen (secondary N) is 3. The summed E-state index contributed by atoms with van der Waals surface area (Å²) in [7, 11) is 0. The van der Waals surface area contributed by atoms with Crippen molar-refractivity contribution in [3.05, 3.63) is 59.7 Å². The smallest absolute Gasteiger partial charge is 0.314 e. The second kappa shape index (κ2) is 10.7. The highest BCUT2D eigenvalue weighted by Gasteiger charge is 2.10. The summed E-state index contributed by atoms with van der Waals surface area (Å²) in [6, 6.07) is 13.3. The van der Waals surface area contributed by atoms with Gasteiger partial charge in [-0.05, 0) is 56.2 Å². The normalized spacial score (nSPS) is 10.8. The van der Waals surface area contributed by atoms with Crippen molar-refractivity contribution in [3.63, 3.8) is 0 Å². The summed E-state index contributed by atoms with van der Waals surface area (Å²) >= 11 is 0.403. The maximum atomic E-state index is 12.5. The molecule has 0 heterocycles. The Balaban J connectivity index is 1.86. The molecule has 8 heteroatoms. The predicted octanol–water partition coefficient (Wildman–Crippen LogP) is 4.50. The molecule has 28 heavy (non-hydrogen) atoms. The fraction of sp³-hybridized carbons (Fsp3) is 0.300. The molecule has 3 amide bonds. The molecule has 0 spiro atoms. The zero-order chi connectivity index (χ0) is 20.5. The molecule has 0 aliphatic rings. The molecule has 0 saturated carbocycles. The van der Waals surface area contributed by atoms with Crippen molar-refractivity contribution in [2.75, 3.05) is 11.9 Å². The number of carbonyl (C=O) groups excluding carboxylic acids is 2. The van der Waals surface area contributed by atoms with E-state index in [2.05, 4.69) is 16.0 Å². The third-order valence-electron chi connectivity index (χ3n) is 3.65. The van der Waals surface area contributed by atoms with Crippen LogP contribution in [0, 0.1) is 0 Å². The summed E-state index contributed by atoms with van der Waals surface area (Å²) < 4.78 is 24.9. The number of hydrogen-bond acceptors (Lipinski definition) is 3. The number of carbonyl (C=O) groups is 2. The van der Waals surface area contributed by atoms with Gasteiger partial charge in [-0.25, -0.2) is 4.79 Å². The molecule has 2 aromatic carbocycles. The predicted molar refractivity (Wildman–Crippen MR) is 108 cm³/mol. The number of thioether (sulfide) groups is 1. The van der Waals surface area contributed by atoms with Crippen LogP contribution in [0.1, 0.15) is 29.8 Å². The fourth-order valence-electron chi connectivity index (χ4n) is 2.41. The molecule has 5 nitrogen and oxygen atoms in total. The summed E-state index contributed by atoms with van der Waals surface area (Å²) in [5.41, 5.74) is 1.93. The van der Waals surface area contributed by atoms with Crippen LogP contribution < -0.4 is 16.0 Å². The van der Waals surface area contributed by atoms with E-state index in [4.69, 9.17) is 0 Å². The first kappa shape index (κ1) is 21.7. The Hall–Kier alpha value is -2.61. The number of anilines is 1. The number of alkyl halides is 2. The quantitative estimate of drug-likeness (QED) is 0.564. The maximum absolute atomic E-state index is 12.5. The van der Waals surface area contributed by atoms with E-state index >= 15 is 0 Å². The highest BCUT2D eigenvalue weighted by atomic mass is 32.2. The van der Waals surface area contributed by atoms with Crippen LogP contribution >= 0.6 is 11.8 Å². The summed E-state index contributed by atoms with van der Waals surface area (Å²) in [5.74, 6) is -2.90. The lowest BCUT2D eigenvalue weighted by Gasteiger charge is -2.10. The Morgan fingerprint density at radius 3 is 2.43 bits per heavy atom. The van der Waals surface area contributed by atoms with Crippen molar-refractivity contribution in [2.24, 2.45) is 0 Å². The number of amides is 3. The minimum Gasteiger partial charge on any atom is -0.338 e. The molecule has 0 aliphatic carbocycles. The average molecular weight is 407 g/mol. The summed E-state index contributed by atoms with van der Waals surface area (Å²) in [4.78, 5) is 24.2. The van der Waals surface area contributed by atoms with Crippen LogP contribution in [0.2, 0.25) is 0 Å². The average Bonchev–Trinajstić information content (AvgIpc) is 2.62. The molecule has 0 bridgehead atoms. The van der Waals surface area contributed by atoms with Gasteiger partial charge in [-0.3, -0.25) is 4.79 Å². The van der Waals surface area contributed by atoms with Gasteiger partial charge in [0.1, 0.15) is 0 Å². The molecule has 3 N–H and O–H groups in total. The molecule has 0 atom stereocenters. The van der Waals surface area contributed by atoms with Crippen LogP contribution in [0.15, 0.2) is 53.4 Å². The van der Waals surface area contributed by atoms with Crippen molar-refractivity contribution in [1.29, 1.82) is 0 Å². The van der Waals surface area contributed by atoms with E-state index in [-0.39, 0.29) is 18.0 Å². The van der Waals surface area contributed by atoms with E-state index in [0.717, 1.165) is 5.56 Å². The fourth-order valence-corrected chi connectivity index (χ4v) is 2.96. The molecular formula is C20H23F2N3O2S. The van der Waals surface area contributed by atoms with Gasteiger partial charge in [-0.15, -0.1) is 0 Å². The molecule has 150 valence electrons. The van der Waals surface area contributed by atoms with Gasteiger partial charge in [-0.1, -0.05) is 30.0 Å². The minimum atomic E-state index is -2.53. The van der Waals surface area contributed by atoms with Gasteiger partial charge in [0.15, 0.2) is 0 Å². The van der Waals surface area contributed by atoms with Crippen molar-refractivity contribution in [1.82, 2.24) is 10.6 Å². The van der Waals surface area contributed by atoms with Gasteiger partial charge in [0.05, 0.1) is 0 Å². The highest BCUT2D eigenvalue weighted by molar-refractivity contribution is 7.99. The standard InChI is InChI=1S/C20H23F2N3O2S/c1-13(2)24-20(27)23-11-10-14-6-8-16(9-7-14)25-18(26)15-4-3-5-17(12-15)28-19(21)22/h3-9,12-13,19H,10-11H2,1-2H3,(H,25,26)(H2,23,24,27). The number of halogens is 2. The summed E-state index contributed by atoms with van der Waals surface area (Å²) in [6.07, 6.45) is 0.659. The summed E-state index contributed by atoms with van der Waals surface area (Å²) in [5, 5.41) is 8.27. The lowest BCUT2D eigenvalue weighted by Crippen LogP contribution is -2.40. The van der Waals surface area contributed by atoms with Crippen LogP contribution in [0.4, 0.5) is 19.3 Å². The second-order valence-corrected chi connectivity index (χ2v) is 7.43. The molecule has 0 saturated heterocycles. The molecular weight excluding hydrogens is 384 g/mol. The Bertz CT molecular complexity index is 798. The zero-order valence-corrected chi connectivity index (χ0v) is 16.5. The van der Waals surface area contributed by atoms with Gasteiger partial charge in [0.25, 0.3) is 11.7 Å². The zero-order valence-electron chi connectivity index (χ0n) is 15.7. The maximum Gasteiger partial charge on any atom is 0.314 e. The summed E-state index contributed by atoms with van der Waals surface area (Å²) in [6.45, 7) is 4.28. The van der Waals surface area contributed by atoms with Crippen molar-refractivity contribution in [3.8, 4) is 0 Å². The number of benzene rings is 2. The third-order valence-corrected chi connectivity index (χ3v) is 4.36. The Morgan fingerprint density at radius 2 is 1.79 bits per heavy atom. The van der Waals surface area contributed by atoms with Crippen LogP contribution in [0.25, 0.3) is 0 Å². The van der Waals surface area contributed by atoms with Gasteiger partial charge in [0, 0.05) is 28.7 Å². The van der Waals surface area contributed by atoms with E-state index in [0.29, 0.717) is 40.9 Å². The molecule has 0 fully saturated rings. The van der Waals surface area contributed by atoms with Crippen molar-refractivity contribution >= 4 is 29.4 Å². The third kappa shape index (κ3) is 7.56. The SMILES string of the molecule is CC(C)NC(=O)NCCc1ccc(NC(=O)c2cccc(SC(F)F)c2)cc1. The molecule has 0 radical (unpaired) electrons. The molecule has 2 aromatic rings. The molecule has 0 aliphatic heterocycles. The van der Waals surface area contributed by atoms with Gasteiger partial charge in [0.2, 0.25) is 0 Å². The van der Waals surface area contributed by atoms with Gasteiger partial charge < -0.3 is 16.0 Å². The topological polar surface area (TPSA) is 70.2 Å². The first-order valence-electron chi connectivity index (χ1n) is 8.83. The number of hydrogen-bond donors (Lipinski definition) is 3. The van der Waals surface area contributed by atoms with Crippen LogP contribution in [-0.2, 0) is 6.42 Å². The first-order chi connectivity index (χ1) is 13.3. The largest absolute Gasteiger partial charge is 0.338 e. The monoisotopic (exact) mass is 407 g/mol. The first-order valence-corrected chi connectivity index (χ1v) is 9.71. The second-order valence-electron chi connectivity index (χ2n) is 6.36. The molecule has 2 rings (SSSR count). The highest BCUT2D eigenvalue weighted by Crippen LogP contribution is 2.26. The van der Waals surface area contributed by atoms with Crippen molar-refractivity contribution < 1.29 is 18.4 Å². The van der Waals surface area contributed by atoms with Gasteiger partial charge in [-0.2, -0.15) is 8.78 Å². The lowest BCUT2D eigenvalue weighted by molar-refractivity contribution is 0.102. The van der Waals surface area contributed by atoms with Crippen LogP contribution in [0.5, 0.6) is 0 Å². The van der Waals surface area contributed by atoms with Crippen LogP contribution in [0.3, 0.4) is 0 Å². The van der Waals surface area contributed by atoms with Gasteiger partial charge >= 0.3 is 6.03 Å². The Morgan fingerprint density at radius 1 is 1.07 bits per heavy atom. The van der Waals surface area contributed by atoms with E-state index in [1.165, 1.54) is 12.1 Å². The number of rotatable bonds is 8. The van der Waals surface area contributed by atoms with E-state index in [1.807, 2.05) is 26.0 Å². The molecule has 0 aromatic heterocycles. The van der Waals surface area contributed by atoms with E-state index in [1.54, 1.807) is 24.3 Å². The lowest BCUT2D eigenvalue weighted by atomic mass is 10.1. The van der Waals surface area contributed by atoms with Crippen molar-refractivity contribution in [2.45, 2.75) is 37.0 Å². The van der Waals surface area contributed by atoms with E-state index < -0.39 is 5.76 Å². The number of urea groups is 1. The Labute approximate surface area is 167 Å². The molecule has 0 unspecified atom stereocenters.